The Hall–Kier alpha value is -1.32. The zero-order valence-corrected chi connectivity index (χ0v) is 9.95. The second kappa shape index (κ2) is 4.51. The monoisotopic (exact) mass is 234 g/mol. The van der Waals surface area contributed by atoms with Crippen LogP contribution in [0.4, 0.5) is 0 Å². The molecule has 4 heteroatoms. The van der Waals surface area contributed by atoms with Crippen LogP contribution in [0.1, 0.15) is 60.7 Å². The summed E-state index contributed by atoms with van der Waals surface area (Å²) in [5.74, 6) is 1.95. The number of carbonyl (C=O) groups excluding carboxylic acids is 1. The molecule has 92 valence electrons. The van der Waals surface area contributed by atoms with E-state index in [1.54, 1.807) is 6.07 Å². The molecule has 0 spiro atoms. The smallest absolute Gasteiger partial charge is 0.273 e. The van der Waals surface area contributed by atoms with Crippen LogP contribution in [0, 0.1) is 5.92 Å². The van der Waals surface area contributed by atoms with E-state index in [2.05, 4.69) is 10.5 Å². The lowest BCUT2D eigenvalue weighted by molar-refractivity contribution is 0.0938. The van der Waals surface area contributed by atoms with Crippen molar-refractivity contribution in [1.82, 2.24) is 10.5 Å². The van der Waals surface area contributed by atoms with E-state index >= 15 is 0 Å². The normalized spacial score (nSPS) is 20.7. The van der Waals surface area contributed by atoms with Gasteiger partial charge in [-0.2, -0.15) is 0 Å². The van der Waals surface area contributed by atoms with Crippen molar-refractivity contribution in [3.63, 3.8) is 0 Å². The molecule has 2 fully saturated rings. The number of carbonyl (C=O) groups is 1. The van der Waals surface area contributed by atoms with Crippen molar-refractivity contribution in [2.75, 3.05) is 6.54 Å². The fraction of sp³-hybridized carbons (Fsp3) is 0.692. The lowest BCUT2D eigenvalue weighted by Crippen LogP contribution is -2.28. The molecule has 2 aliphatic carbocycles. The molecule has 0 unspecified atom stereocenters. The first-order valence-corrected chi connectivity index (χ1v) is 6.58. The van der Waals surface area contributed by atoms with Gasteiger partial charge in [0.1, 0.15) is 5.76 Å². The van der Waals surface area contributed by atoms with Crippen LogP contribution in [-0.2, 0) is 0 Å². The molecule has 2 aliphatic rings. The summed E-state index contributed by atoms with van der Waals surface area (Å²) in [5, 5.41) is 6.79. The number of nitrogens with one attached hydrogen (secondary N) is 1. The molecule has 1 N–H and O–H groups in total. The molecule has 0 aromatic carbocycles. The molecular weight excluding hydrogens is 216 g/mol. The van der Waals surface area contributed by atoms with Gasteiger partial charge < -0.3 is 9.84 Å². The zero-order chi connectivity index (χ0) is 11.7. The van der Waals surface area contributed by atoms with E-state index in [-0.39, 0.29) is 5.91 Å². The molecule has 0 atom stereocenters. The zero-order valence-electron chi connectivity index (χ0n) is 9.95. The van der Waals surface area contributed by atoms with Crippen molar-refractivity contribution in [3.8, 4) is 0 Å². The van der Waals surface area contributed by atoms with Gasteiger partial charge in [-0.25, -0.2) is 0 Å². The van der Waals surface area contributed by atoms with E-state index in [0.717, 1.165) is 12.3 Å². The van der Waals surface area contributed by atoms with E-state index in [1.807, 2.05) is 0 Å². The molecule has 1 amide bonds. The Bertz CT molecular complexity index is 403. The number of aromatic nitrogens is 1. The van der Waals surface area contributed by atoms with Crippen molar-refractivity contribution in [2.45, 2.75) is 44.4 Å². The number of hydrogen-bond acceptors (Lipinski definition) is 3. The standard InChI is InChI=1S/C13H18N2O2/c16-13(14-8-9-3-1-2-4-9)11-7-12(17-15-11)10-5-6-10/h7,9-10H,1-6,8H2,(H,14,16). The van der Waals surface area contributed by atoms with Crippen LogP contribution in [0.5, 0.6) is 0 Å². The average molecular weight is 234 g/mol. The van der Waals surface area contributed by atoms with Crippen molar-refractivity contribution in [3.05, 3.63) is 17.5 Å². The van der Waals surface area contributed by atoms with Gasteiger partial charge in [0.25, 0.3) is 5.91 Å². The number of rotatable bonds is 4. The highest BCUT2D eigenvalue weighted by Gasteiger charge is 2.29. The third-order valence-corrected chi connectivity index (χ3v) is 3.77. The minimum Gasteiger partial charge on any atom is -0.360 e. The van der Waals surface area contributed by atoms with Crippen LogP contribution < -0.4 is 5.32 Å². The minimum atomic E-state index is -0.0902. The molecule has 1 heterocycles. The highest BCUT2D eigenvalue weighted by molar-refractivity contribution is 5.92. The second-order valence-electron chi connectivity index (χ2n) is 5.25. The van der Waals surface area contributed by atoms with E-state index in [9.17, 15) is 4.79 Å². The molecule has 2 saturated carbocycles. The minimum absolute atomic E-state index is 0.0902. The Labute approximate surface area is 101 Å². The van der Waals surface area contributed by atoms with Gasteiger partial charge in [0.05, 0.1) is 0 Å². The molecule has 0 radical (unpaired) electrons. The maximum absolute atomic E-state index is 11.8. The highest BCUT2D eigenvalue weighted by Crippen LogP contribution is 2.40. The Balaban J connectivity index is 1.53. The summed E-state index contributed by atoms with van der Waals surface area (Å²) < 4.78 is 5.17. The molecular formula is C13H18N2O2. The van der Waals surface area contributed by atoms with Crippen LogP contribution >= 0.6 is 0 Å². The summed E-state index contributed by atoms with van der Waals surface area (Å²) in [4.78, 5) is 11.8. The predicted molar refractivity (Wildman–Crippen MR) is 62.8 cm³/mol. The van der Waals surface area contributed by atoms with Gasteiger partial charge in [0.15, 0.2) is 5.69 Å². The first-order valence-electron chi connectivity index (χ1n) is 6.58. The fourth-order valence-electron chi connectivity index (χ4n) is 2.50. The Kier molecular flexibility index (Phi) is 2.87. The first-order chi connectivity index (χ1) is 8.33. The van der Waals surface area contributed by atoms with Crippen molar-refractivity contribution in [1.29, 1.82) is 0 Å². The van der Waals surface area contributed by atoms with Crippen LogP contribution in [0.2, 0.25) is 0 Å². The van der Waals surface area contributed by atoms with Crippen molar-refractivity contribution >= 4 is 5.91 Å². The molecule has 0 aliphatic heterocycles. The average Bonchev–Trinajstić information content (AvgIpc) is 2.88. The largest absolute Gasteiger partial charge is 0.360 e. The summed E-state index contributed by atoms with van der Waals surface area (Å²) in [6, 6.07) is 1.79. The first kappa shape index (κ1) is 10.8. The van der Waals surface area contributed by atoms with Gasteiger partial charge >= 0.3 is 0 Å². The van der Waals surface area contributed by atoms with Crippen molar-refractivity contribution < 1.29 is 9.32 Å². The highest BCUT2D eigenvalue weighted by atomic mass is 16.5. The lowest BCUT2D eigenvalue weighted by Gasteiger charge is -2.08. The Morgan fingerprint density at radius 2 is 2.12 bits per heavy atom. The lowest BCUT2D eigenvalue weighted by atomic mass is 10.1. The Morgan fingerprint density at radius 1 is 1.35 bits per heavy atom. The van der Waals surface area contributed by atoms with E-state index in [0.29, 0.717) is 17.5 Å². The quantitative estimate of drug-likeness (QED) is 0.870. The van der Waals surface area contributed by atoms with E-state index in [1.165, 1.54) is 38.5 Å². The van der Waals surface area contributed by atoms with Crippen LogP contribution in [-0.4, -0.2) is 17.6 Å². The van der Waals surface area contributed by atoms with Crippen LogP contribution in [0.25, 0.3) is 0 Å². The summed E-state index contributed by atoms with van der Waals surface area (Å²) in [5.41, 5.74) is 0.435. The van der Waals surface area contributed by atoms with Gasteiger partial charge in [-0.1, -0.05) is 18.0 Å². The summed E-state index contributed by atoms with van der Waals surface area (Å²) in [7, 11) is 0. The second-order valence-corrected chi connectivity index (χ2v) is 5.25. The Morgan fingerprint density at radius 3 is 2.82 bits per heavy atom. The van der Waals surface area contributed by atoms with Crippen LogP contribution in [0.3, 0.4) is 0 Å². The molecule has 0 bridgehead atoms. The molecule has 1 aromatic rings. The number of hydrogen-bond donors (Lipinski definition) is 1. The molecule has 0 saturated heterocycles. The molecule has 1 aromatic heterocycles. The van der Waals surface area contributed by atoms with Gasteiger partial charge in [-0.3, -0.25) is 4.79 Å². The predicted octanol–water partition coefficient (Wildman–Crippen LogP) is 2.47. The van der Waals surface area contributed by atoms with Gasteiger partial charge in [-0.05, 0) is 31.6 Å². The van der Waals surface area contributed by atoms with E-state index in [4.69, 9.17) is 4.52 Å². The number of nitrogens with zero attached hydrogens (tertiary/aromatic N) is 1. The molecule has 3 rings (SSSR count). The maximum atomic E-state index is 11.8. The number of amides is 1. The fourth-order valence-corrected chi connectivity index (χ4v) is 2.50. The topological polar surface area (TPSA) is 55.1 Å². The van der Waals surface area contributed by atoms with Gasteiger partial charge in [-0.15, -0.1) is 0 Å². The van der Waals surface area contributed by atoms with Crippen LogP contribution in [0.15, 0.2) is 10.6 Å². The van der Waals surface area contributed by atoms with E-state index < -0.39 is 0 Å². The molecule has 17 heavy (non-hydrogen) atoms. The third kappa shape index (κ3) is 2.51. The van der Waals surface area contributed by atoms with Crippen molar-refractivity contribution in [2.24, 2.45) is 5.92 Å². The third-order valence-electron chi connectivity index (χ3n) is 3.77. The maximum Gasteiger partial charge on any atom is 0.273 e. The SMILES string of the molecule is O=C(NCC1CCCC1)c1cc(C2CC2)on1. The van der Waals surface area contributed by atoms with Gasteiger partial charge in [0.2, 0.25) is 0 Å². The summed E-state index contributed by atoms with van der Waals surface area (Å²) >= 11 is 0. The van der Waals surface area contributed by atoms with Gasteiger partial charge in [0, 0.05) is 18.5 Å². The summed E-state index contributed by atoms with van der Waals surface area (Å²) in [6.45, 7) is 0.782. The molecule has 4 nitrogen and oxygen atoms in total. The summed E-state index contributed by atoms with van der Waals surface area (Å²) in [6.07, 6.45) is 7.42.